The molecule has 2 aromatic carbocycles. The lowest BCUT2D eigenvalue weighted by Gasteiger charge is -2.39. The molecule has 3 aliphatic heterocycles. The van der Waals surface area contributed by atoms with Crippen molar-refractivity contribution in [2.45, 2.75) is 57.4 Å². The van der Waals surface area contributed by atoms with Crippen molar-refractivity contribution in [2.24, 2.45) is 5.41 Å². The lowest BCUT2D eigenvalue weighted by Crippen LogP contribution is -2.58. The number of halogens is 2. The number of hydrogen-bond acceptors (Lipinski definition) is 9. The van der Waals surface area contributed by atoms with Crippen LogP contribution in [-0.4, -0.2) is 81.8 Å². The van der Waals surface area contributed by atoms with Gasteiger partial charge in [-0.05, 0) is 92.6 Å². The van der Waals surface area contributed by atoms with Crippen LogP contribution in [0, 0.1) is 17.0 Å². The van der Waals surface area contributed by atoms with Gasteiger partial charge in [-0.3, -0.25) is 15.1 Å². The number of piperidine rings is 1. The molecule has 1 aliphatic carbocycles. The number of nitrogens with zero attached hydrogens (tertiary/aromatic N) is 5. The number of likely N-dealkylation sites (tertiary alicyclic amines) is 1. The van der Waals surface area contributed by atoms with Crippen LogP contribution in [-0.2, 0) is 11.2 Å². The molecule has 0 unspecified atom stereocenters. The van der Waals surface area contributed by atoms with Crippen LogP contribution in [0.1, 0.15) is 51.0 Å². The van der Waals surface area contributed by atoms with Crippen LogP contribution >= 0.6 is 0 Å². The Kier molecular flexibility index (Phi) is 7.35. The highest BCUT2D eigenvalue weighted by Gasteiger charge is 2.49. The van der Waals surface area contributed by atoms with Gasteiger partial charge in [0.1, 0.15) is 34.1 Å². The summed E-state index contributed by atoms with van der Waals surface area (Å²) in [4.78, 5) is 43.2. The maximum absolute atomic E-state index is 16.9. The molecule has 1 spiro atoms. The number of benzene rings is 2. The first kappa shape index (κ1) is 30.7. The maximum atomic E-state index is 16.9. The van der Waals surface area contributed by atoms with Crippen molar-refractivity contribution in [2.75, 3.05) is 44.2 Å². The molecule has 3 saturated heterocycles. The molecule has 0 radical (unpaired) electrons. The fourth-order valence-electron chi connectivity index (χ4n) is 7.76. The van der Waals surface area contributed by atoms with Crippen molar-refractivity contribution in [1.29, 1.82) is 0 Å². The average Bonchev–Trinajstić information content (AvgIpc) is 3.53. The molecular weight excluding hydrogens is 620 g/mol. The zero-order valence-electron chi connectivity index (χ0n) is 26.7. The number of anilines is 1. The molecule has 8 rings (SSSR count). The Hall–Kier alpha value is -4.65. The van der Waals surface area contributed by atoms with Crippen molar-refractivity contribution in [3.05, 3.63) is 47.7 Å². The summed E-state index contributed by atoms with van der Waals surface area (Å²) in [5.74, 6) is -1.38. The van der Waals surface area contributed by atoms with Crippen LogP contribution in [0.25, 0.3) is 32.9 Å². The maximum Gasteiger partial charge on any atom is 0.322 e. The Labute approximate surface area is 275 Å². The van der Waals surface area contributed by atoms with E-state index < -0.39 is 29.1 Å². The van der Waals surface area contributed by atoms with Gasteiger partial charge >= 0.3 is 12.0 Å². The number of carbonyl (C=O) groups is 2. The van der Waals surface area contributed by atoms with Crippen molar-refractivity contribution in [1.82, 2.24) is 30.5 Å². The van der Waals surface area contributed by atoms with Gasteiger partial charge in [-0.2, -0.15) is 9.97 Å². The summed E-state index contributed by atoms with van der Waals surface area (Å²) < 4.78 is 38.2. The molecule has 1 atom stereocenters. The van der Waals surface area contributed by atoms with E-state index in [2.05, 4.69) is 25.5 Å². The number of imide groups is 1. The van der Waals surface area contributed by atoms with Crippen LogP contribution in [0.3, 0.4) is 0 Å². The second kappa shape index (κ2) is 11.5. The van der Waals surface area contributed by atoms with Gasteiger partial charge in [0.05, 0.1) is 18.5 Å². The molecule has 5 heterocycles. The van der Waals surface area contributed by atoms with Crippen LogP contribution < -0.4 is 20.3 Å². The first-order valence-electron chi connectivity index (χ1n) is 16.7. The second-order valence-corrected chi connectivity index (χ2v) is 13.8. The van der Waals surface area contributed by atoms with Crippen molar-refractivity contribution in [3.8, 4) is 23.0 Å². The van der Waals surface area contributed by atoms with Crippen molar-refractivity contribution in [3.63, 3.8) is 0 Å². The summed E-state index contributed by atoms with van der Waals surface area (Å²) in [6, 6.07) is 5.25. The number of pyridine rings is 1. The van der Waals surface area contributed by atoms with Crippen molar-refractivity contribution < 1.29 is 28.2 Å². The zero-order valence-corrected chi connectivity index (χ0v) is 26.7. The number of ether oxygens (including phenoxy) is 1. The monoisotopic (exact) mass is 657 g/mol. The summed E-state index contributed by atoms with van der Waals surface area (Å²) in [5, 5.41) is 17.0. The third-order valence-electron chi connectivity index (χ3n) is 10.4. The summed E-state index contributed by atoms with van der Waals surface area (Å²) in [6.07, 6.45) is 7.28. The smallest absolute Gasteiger partial charge is 0.322 e. The number of aryl methyl sites for hydroxylation is 1. The van der Waals surface area contributed by atoms with E-state index in [0.29, 0.717) is 60.0 Å². The Morgan fingerprint density at radius 3 is 2.58 bits per heavy atom. The molecule has 1 saturated carbocycles. The number of hydrogen-bond donors (Lipinski definition) is 3. The fraction of sp³-hybridized carbons (Fsp3) is 0.457. The topological polar surface area (TPSA) is 133 Å². The van der Waals surface area contributed by atoms with E-state index in [0.717, 1.165) is 32.5 Å². The van der Waals surface area contributed by atoms with E-state index in [1.807, 2.05) is 11.8 Å². The van der Waals surface area contributed by atoms with Crippen LogP contribution in [0.5, 0.6) is 11.8 Å². The highest BCUT2D eigenvalue weighted by atomic mass is 19.1. The zero-order chi connectivity index (χ0) is 33.2. The van der Waals surface area contributed by atoms with Crippen LogP contribution in [0.15, 0.2) is 30.5 Å². The molecule has 3 N–H and O–H groups in total. The molecule has 4 fully saturated rings. The number of fused-ring (bicyclic) bond motifs is 2. The minimum absolute atomic E-state index is 0.00170. The molecule has 13 heteroatoms. The van der Waals surface area contributed by atoms with E-state index in [1.54, 1.807) is 6.07 Å². The van der Waals surface area contributed by atoms with Gasteiger partial charge in [-0.15, -0.1) is 0 Å². The molecule has 11 nitrogen and oxygen atoms in total. The normalized spacial score (nSPS) is 22.1. The minimum atomic E-state index is -1.14. The number of phenols is 1. The summed E-state index contributed by atoms with van der Waals surface area (Å²) in [7, 11) is 0. The lowest BCUT2D eigenvalue weighted by molar-refractivity contribution is -0.124. The SMILES string of the molecule is CCc1c(F)ccc2cc(O)cc(-c3ncc4c(N5CCC[C@]6(C5)NC(=O)NC6=O)nc(OCC5(CN6CCCC6)CC5)nc4c3F)c12. The van der Waals surface area contributed by atoms with E-state index in [-0.39, 0.29) is 40.5 Å². The minimum Gasteiger partial charge on any atom is -0.508 e. The Bertz CT molecular complexity index is 1980. The molecule has 0 bridgehead atoms. The first-order chi connectivity index (χ1) is 23.2. The van der Waals surface area contributed by atoms with E-state index in [9.17, 15) is 19.1 Å². The van der Waals surface area contributed by atoms with E-state index >= 15 is 4.39 Å². The molecule has 4 aliphatic rings. The predicted octanol–water partition coefficient (Wildman–Crippen LogP) is 4.82. The predicted molar refractivity (Wildman–Crippen MR) is 175 cm³/mol. The summed E-state index contributed by atoms with van der Waals surface area (Å²) >= 11 is 0. The third kappa shape index (κ3) is 5.24. The Morgan fingerprint density at radius 1 is 1.04 bits per heavy atom. The molecular formula is C35H37F2N7O4. The number of nitrogens with one attached hydrogen (secondary N) is 2. The molecule has 250 valence electrons. The van der Waals surface area contributed by atoms with Crippen molar-refractivity contribution >= 4 is 39.4 Å². The Morgan fingerprint density at radius 2 is 1.85 bits per heavy atom. The van der Waals surface area contributed by atoms with Gasteiger partial charge in [-0.25, -0.2) is 13.6 Å². The van der Waals surface area contributed by atoms with E-state index in [1.165, 1.54) is 37.2 Å². The molecule has 4 aromatic rings. The summed E-state index contributed by atoms with van der Waals surface area (Å²) in [6.45, 7) is 5.90. The summed E-state index contributed by atoms with van der Waals surface area (Å²) in [5.41, 5.74) is -0.658. The van der Waals surface area contributed by atoms with Gasteiger partial charge in [0.15, 0.2) is 5.82 Å². The van der Waals surface area contributed by atoms with Gasteiger partial charge in [0.25, 0.3) is 5.91 Å². The fourth-order valence-corrected chi connectivity index (χ4v) is 7.76. The highest BCUT2D eigenvalue weighted by Crippen LogP contribution is 2.47. The van der Waals surface area contributed by atoms with Gasteiger partial charge < -0.3 is 25.0 Å². The average molecular weight is 658 g/mol. The lowest BCUT2D eigenvalue weighted by atomic mass is 9.89. The number of carbonyl (C=O) groups excluding carboxylic acids is 2. The van der Waals surface area contributed by atoms with Gasteiger partial charge in [0.2, 0.25) is 0 Å². The number of aromatic nitrogens is 3. The number of amides is 3. The third-order valence-corrected chi connectivity index (χ3v) is 10.4. The number of aromatic hydroxyl groups is 1. The van der Waals surface area contributed by atoms with E-state index in [4.69, 9.17) is 9.72 Å². The number of rotatable bonds is 8. The molecule has 3 amide bonds. The van der Waals surface area contributed by atoms with Gasteiger partial charge in [0, 0.05) is 30.3 Å². The quantitative estimate of drug-likeness (QED) is 0.228. The van der Waals surface area contributed by atoms with Crippen LogP contribution in [0.2, 0.25) is 0 Å². The Balaban J connectivity index is 1.24. The standard InChI is InChI=1S/C35H37F2N7O4/c1-2-22-25(36)7-6-20-14-21(45)15-23(26(20)22)28-27(37)29-24(16-38-28)30(44-13-5-8-35(18-44)31(46)41-32(47)42-35)40-33(39-29)48-19-34(9-10-34)17-43-11-3-4-12-43/h6-7,14-16,45H,2-5,8-13,17-19H2,1H3,(H2,41,42,46,47)/t35-/m1/s1. The molecule has 48 heavy (non-hydrogen) atoms. The van der Waals surface area contributed by atoms with Gasteiger partial charge in [-0.1, -0.05) is 13.0 Å². The number of urea groups is 1. The number of phenolic OH excluding ortho intramolecular Hbond substituents is 1. The van der Waals surface area contributed by atoms with Crippen LogP contribution in [0.4, 0.5) is 19.4 Å². The first-order valence-corrected chi connectivity index (χ1v) is 16.7. The second-order valence-electron chi connectivity index (χ2n) is 13.8. The largest absolute Gasteiger partial charge is 0.508 e. The highest BCUT2D eigenvalue weighted by molar-refractivity contribution is 6.08. The molecule has 2 aromatic heterocycles.